The van der Waals surface area contributed by atoms with Crippen LogP contribution in [0.2, 0.25) is 0 Å². The van der Waals surface area contributed by atoms with Crippen molar-refractivity contribution in [3.63, 3.8) is 0 Å². The van der Waals surface area contributed by atoms with E-state index in [1.54, 1.807) is 0 Å². The Morgan fingerprint density at radius 2 is 0.731 bits per heavy atom. The zero-order valence-electron chi connectivity index (χ0n) is 43.1. The topological polar surface area (TPSA) is 29.5 Å². The van der Waals surface area contributed by atoms with Gasteiger partial charge in [-0.25, -0.2) is 0 Å². The molecule has 78 heavy (non-hydrogen) atoms. The number of fused-ring (bicyclic) bond motifs is 15. The van der Waals surface area contributed by atoms with Gasteiger partial charge < -0.3 is 13.7 Å². The average molecular weight is 996 g/mol. The van der Waals surface area contributed by atoms with E-state index in [9.17, 15) is 0 Å². The number of hydrogen-bond donors (Lipinski definition) is 0. The lowest BCUT2D eigenvalue weighted by molar-refractivity contribution is 0.660. The molecule has 1 aliphatic rings. The molecular formula is C75H49NO2. The number of furan rings is 2. The molecule has 2 heterocycles. The first-order valence-corrected chi connectivity index (χ1v) is 27.0. The summed E-state index contributed by atoms with van der Waals surface area (Å²) in [6, 6.07) is 95.2. The van der Waals surface area contributed by atoms with Crippen LogP contribution in [0.5, 0.6) is 0 Å². The molecule has 3 heteroatoms. The smallest absolute Gasteiger partial charge is 0.143 e. The Balaban J connectivity index is 0.746. The van der Waals surface area contributed by atoms with Gasteiger partial charge in [0.1, 0.15) is 22.3 Å². The Morgan fingerprint density at radius 3 is 1.36 bits per heavy atom. The van der Waals surface area contributed by atoms with Gasteiger partial charge in [0.2, 0.25) is 0 Å². The van der Waals surface area contributed by atoms with Gasteiger partial charge in [0.05, 0.1) is 0 Å². The van der Waals surface area contributed by atoms with Gasteiger partial charge in [-0.3, -0.25) is 0 Å². The molecule has 0 saturated carbocycles. The van der Waals surface area contributed by atoms with Crippen LogP contribution in [0.4, 0.5) is 17.1 Å². The van der Waals surface area contributed by atoms with Gasteiger partial charge in [-0.05, 0) is 149 Å². The van der Waals surface area contributed by atoms with Crippen molar-refractivity contribution >= 4 is 93.3 Å². The highest BCUT2D eigenvalue weighted by Gasteiger charge is 2.36. The van der Waals surface area contributed by atoms with Gasteiger partial charge in [0, 0.05) is 54.8 Å². The maximum Gasteiger partial charge on any atom is 0.143 e. The molecule has 0 bridgehead atoms. The molecule has 13 aromatic carbocycles. The van der Waals surface area contributed by atoms with Crippen molar-refractivity contribution in [2.45, 2.75) is 19.3 Å². The molecule has 366 valence electrons. The van der Waals surface area contributed by atoms with E-state index in [4.69, 9.17) is 8.83 Å². The molecule has 15 aromatic rings. The fraction of sp³-hybridized carbons (Fsp3) is 0.0400. The molecule has 16 rings (SSSR count). The number of nitrogens with zero attached hydrogens (tertiary/aromatic N) is 1. The fourth-order valence-electron chi connectivity index (χ4n) is 13.0. The summed E-state index contributed by atoms with van der Waals surface area (Å²) in [7, 11) is 0. The maximum absolute atomic E-state index is 6.63. The van der Waals surface area contributed by atoms with Crippen LogP contribution in [0.1, 0.15) is 25.0 Å². The van der Waals surface area contributed by atoms with E-state index in [0.29, 0.717) is 0 Å². The highest BCUT2D eigenvalue weighted by molar-refractivity contribution is 6.25. The molecule has 0 amide bonds. The van der Waals surface area contributed by atoms with Crippen LogP contribution in [-0.4, -0.2) is 0 Å². The Bertz CT molecular complexity index is 4900. The number of para-hydroxylation sites is 1. The second kappa shape index (κ2) is 17.0. The van der Waals surface area contributed by atoms with E-state index in [1.165, 1.54) is 77.0 Å². The van der Waals surface area contributed by atoms with Gasteiger partial charge in [-0.2, -0.15) is 0 Å². The Labute approximate surface area is 451 Å². The predicted molar refractivity (Wildman–Crippen MR) is 328 cm³/mol. The summed E-state index contributed by atoms with van der Waals surface area (Å²) in [4.78, 5) is 2.41. The number of rotatable bonds is 7. The third-order valence-corrected chi connectivity index (χ3v) is 16.9. The molecule has 0 saturated heterocycles. The summed E-state index contributed by atoms with van der Waals surface area (Å²) in [5.41, 5.74) is 21.6. The van der Waals surface area contributed by atoms with Crippen molar-refractivity contribution in [3.8, 4) is 55.6 Å². The lowest BCUT2D eigenvalue weighted by Crippen LogP contribution is -2.16. The first-order chi connectivity index (χ1) is 38.4. The van der Waals surface area contributed by atoms with Crippen LogP contribution < -0.4 is 4.90 Å². The van der Waals surface area contributed by atoms with E-state index in [2.05, 4.69) is 274 Å². The highest BCUT2D eigenvalue weighted by atomic mass is 16.3. The van der Waals surface area contributed by atoms with Crippen LogP contribution in [0, 0.1) is 0 Å². The minimum atomic E-state index is -0.136. The Morgan fingerprint density at radius 1 is 0.282 bits per heavy atom. The summed E-state index contributed by atoms with van der Waals surface area (Å²) >= 11 is 0. The first-order valence-electron chi connectivity index (χ1n) is 27.0. The molecular weight excluding hydrogens is 947 g/mol. The Kier molecular flexibility index (Phi) is 9.68. The van der Waals surface area contributed by atoms with E-state index in [-0.39, 0.29) is 5.41 Å². The molecule has 0 fully saturated rings. The van der Waals surface area contributed by atoms with Crippen molar-refractivity contribution in [3.05, 3.63) is 272 Å². The molecule has 3 nitrogen and oxygen atoms in total. The van der Waals surface area contributed by atoms with Gasteiger partial charge in [-0.15, -0.1) is 0 Å². The van der Waals surface area contributed by atoms with Crippen LogP contribution in [0.3, 0.4) is 0 Å². The second-order valence-corrected chi connectivity index (χ2v) is 21.5. The Hall–Kier alpha value is -9.96. The average Bonchev–Trinajstić information content (AvgIpc) is 4.33. The molecule has 0 atom stereocenters. The number of anilines is 3. The molecule has 0 N–H and O–H groups in total. The zero-order valence-corrected chi connectivity index (χ0v) is 43.1. The van der Waals surface area contributed by atoms with E-state index >= 15 is 0 Å². The summed E-state index contributed by atoms with van der Waals surface area (Å²) in [5, 5.41) is 11.6. The minimum Gasteiger partial charge on any atom is -0.455 e. The number of benzene rings is 13. The highest BCUT2D eigenvalue weighted by Crippen LogP contribution is 2.51. The maximum atomic E-state index is 6.63. The predicted octanol–water partition coefficient (Wildman–Crippen LogP) is 21.4. The quantitative estimate of drug-likeness (QED) is 0.159. The van der Waals surface area contributed by atoms with Crippen molar-refractivity contribution in [1.82, 2.24) is 0 Å². The summed E-state index contributed by atoms with van der Waals surface area (Å²) in [6.07, 6.45) is 0. The third kappa shape index (κ3) is 6.78. The van der Waals surface area contributed by atoms with Gasteiger partial charge in [-0.1, -0.05) is 214 Å². The zero-order chi connectivity index (χ0) is 51.6. The fourth-order valence-corrected chi connectivity index (χ4v) is 13.0. The molecule has 0 unspecified atom stereocenters. The van der Waals surface area contributed by atoms with Crippen LogP contribution in [-0.2, 0) is 5.41 Å². The SMILES string of the molecule is CC1(C)c2ccccc2-c2ccc(N(c3ccc(-c4ccc(-c5cc6c7ccccc7oc6c6ccccc56)cc4)cc3)c3ccc(-c4ccc(-c5cc6c(oc7ccc8ccccc8c76)c6ccccc56)cc4)cc3)cc21. The second-order valence-electron chi connectivity index (χ2n) is 21.5. The molecule has 0 spiro atoms. The summed E-state index contributed by atoms with van der Waals surface area (Å²) in [5.74, 6) is 0. The molecule has 2 aromatic heterocycles. The van der Waals surface area contributed by atoms with Crippen molar-refractivity contribution < 1.29 is 8.83 Å². The van der Waals surface area contributed by atoms with E-state index in [1.807, 2.05) is 6.07 Å². The van der Waals surface area contributed by atoms with Crippen molar-refractivity contribution in [2.24, 2.45) is 0 Å². The van der Waals surface area contributed by atoms with E-state index < -0.39 is 0 Å². The van der Waals surface area contributed by atoms with Crippen molar-refractivity contribution in [1.29, 1.82) is 0 Å². The summed E-state index contributed by atoms with van der Waals surface area (Å²) in [6.45, 7) is 4.71. The minimum absolute atomic E-state index is 0.136. The van der Waals surface area contributed by atoms with Gasteiger partial charge in [0.25, 0.3) is 0 Å². The van der Waals surface area contributed by atoms with Crippen LogP contribution in [0.25, 0.3) is 132 Å². The molecule has 1 aliphatic carbocycles. The number of hydrogen-bond acceptors (Lipinski definition) is 3. The van der Waals surface area contributed by atoms with Crippen molar-refractivity contribution in [2.75, 3.05) is 4.90 Å². The van der Waals surface area contributed by atoms with Gasteiger partial charge >= 0.3 is 0 Å². The normalized spacial score (nSPS) is 12.8. The lowest BCUT2D eigenvalue weighted by atomic mass is 9.82. The monoisotopic (exact) mass is 995 g/mol. The molecule has 0 aliphatic heterocycles. The van der Waals surface area contributed by atoms with E-state index in [0.717, 1.165) is 83.0 Å². The van der Waals surface area contributed by atoms with Gasteiger partial charge in [0.15, 0.2) is 0 Å². The largest absolute Gasteiger partial charge is 0.455 e. The molecule has 0 radical (unpaired) electrons. The standard InChI is InChI=1S/C75H49NO2/c1-75(2)68-21-11-9-17-59(68)60-41-40-55(43-69(60)75)76(53-36-31-48(32-37-53)46-23-27-51(28-24-46)64-44-66-61-18-10-12-22-70(61)77-73(66)62-19-7-5-15-57(62)64)54-38-33-49(34-39-54)47-25-29-52(30-26-47)65-45-67-72-56-14-4-3-13-50(56)35-42-71(72)78-74(67)63-20-8-6-16-58(63)65/h3-45H,1-2H3. The lowest BCUT2D eigenvalue weighted by Gasteiger charge is -2.28. The van der Waals surface area contributed by atoms with Crippen LogP contribution in [0.15, 0.2) is 270 Å². The first kappa shape index (κ1) is 44.3. The third-order valence-electron chi connectivity index (χ3n) is 16.9. The summed E-state index contributed by atoms with van der Waals surface area (Å²) < 4.78 is 13.1. The van der Waals surface area contributed by atoms with Crippen LogP contribution >= 0.6 is 0 Å².